The Kier molecular flexibility index (Phi) is 6.69. The monoisotopic (exact) mass is 496 g/mol. The van der Waals surface area contributed by atoms with Gasteiger partial charge in [0.05, 0.1) is 23.5 Å². The number of hydrazone groups is 1. The Bertz CT molecular complexity index is 1340. The van der Waals surface area contributed by atoms with Crippen LogP contribution in [-0.4, -0.2) is 52.0 Å². The summed E-state index contributed by atoms with van der Waals surface area (Å²) in [6, 6.07) is 5.67. The predicted octanol–water partition coefficient (Wildman–Crippen LogP) is 2.49. The molecule has 10 nitrogen and oxygen atoms in total. The zero-order chi connectivity index (χ0) is 26.0. The molecule has 0 spiro atoms. The van der Waals surface area contributed by atoms with E-state index in [-0.39, 0.29) is 35.5 Å². The van der Waals surface area contributed by atoms with Gasteiger partial charge in [0.15, 0.2) is 5.84 Å². The van der Waals surface area contributed by atoms with Crippen molar-refractivity contribution >= 4 is 24.1 Å². The molecule has 1 fully saturated rings. The SMILES string of the molecule is C=NN1C(=NC)C=C(Nc2cccn(-c3ccc(C)nc3)c2=O)N/C1=C(/C)C(=O)N[C@H]1CCC1(F)F. The van der Waals surface area contributed by atoms with Crippen LogP contribution in [0.3, 0.4) is 0 Å². The van der Waals surface area contributed by atoms with Crippen molar-refractivity contribution in [2.24, 2.45) is 10.1 Å². The summed E-state index contributed by atoms with van der Waals surface area (Å²) in [5, 5.41) is 13.6. The van der Waals surface area contributed by atoms with Gasteiger partial charge in [-0.1, -0.05) is 0 Å². The van der Waals surface area contributed by atoms with Crippen molar-refractivity contribution in [2.75, 3.05) is 12.4 Å². The fourth-order valence-electron chi connectivity index (χ4n) is 3.74. The first kappa shape index (κ1) is 24.8. The van der Waals surface area contributed by atoms with E-state index in [1.165, 1.54) is 23.5 Å². The maximum Gasteiger partial charge on any atom is 0.278 e. The highest BCUT2D eigenvalue weighted by molar-refractivity contribution is 5.99. The van der Waals surface area contributed by atoms with Crippen LogP contribution in [-0.2, 0) is 4.79 Å². The molecule has 1 saturated carbocycles. The van der Waals surface area contributed by atoms with Crippen LogP contribution >= 0.6 is 0 Å². The molecule has 188 valence electrons. The van der Waals surface area contributed by atoms with E-state index < -0.39 is 17.9 Å². The van der Waals surface area contributed by atoms with Crippen molar-refractivity contribution in [3.63, 3.8) is 0 Å². The lowest BCUT2D eigenvalue weighted by Crippen LogP contribution is -2.55. The maximum absolute atomic E-state index is 13.7. The zero-order valence-corrected chi connectivity index (χ0v) is 20.0. The van der Waals surface area contributed by atoms with Gasteiger partial charge < -0.3 is 16.0 Å². The first-order valence-electron chi connectivity index (χ1n) is 11.2. The van der Waals surface area contributed by atoms with E-state index in [2.05, 4.69) is 37.7 Å². The van der Waals surface area contributed by atoms with Crippen LogP contribution < -0.4 is 21.5 Å². The highest BCUT2D eigenvalue weighted by Crippen LogP contribution is 2.37. The molecule has 0 bridgehead atoms. The first-order valence-corrected chi connectivity index (χ1v) is 11.2. The van der Waals surface area contributed by atoms with Gasteiger partial charge in [-0.25, -0.2) is 8.78 Å². The van der Waals surface area contributed by atoms with Gasteiger partial charge in [-0.3, -0.25) is 24.1 Å². The van der Waals surface area contributed by atoms with E-state index in [9.17, 15) is 18.4 Å². The number of carbonyl (C=O) groups is 1. The van der Waals surface area contributed by atoms with Crippen LogP contribution in [0.5, 0.6) is 0 Å². The van der Waals surface area contributed by atoms with Gasteiger partial charge in [0.2, 0.25) is 0 Å². The highest BCUT2D eigenvalue weighted by atomic mass is 19.3. The standard InChI is InChI=1S/C24H26F2N8O2/c1-14-7-8-16(13-29-14)33-11-5-6-17(23(33)36)30-19-12-20(27-3)34(28-4)21(32-19)15(2)22(35)31-18-9-10-24(18,25)26/h5-8,11-13,18,30,32H,4,9-10H2,1-3H3,(H,31,35)/b21-15+,27-20?/t18-/m0/s1. The van der Waals surface area contributed by atoms with Crippen molar-refractivity contribution < 1.29 is 13.6 Å². The first-order chi connectivity index (χ1) is 17.1. The fraction of sp³-hybridized carbons (Fsp3) is 0.292. The van der Waals surface area contributed by atoms with Crippen LogP contribution in [0.1, 0.15) is 25.5 Å². The number of hydrogen-bond acceptors (Lipinski definition) is 7. The summed E-state index contributed by atoms with van der Waals surface area (Å²) in [5.41, 5.74) is 1.41. The smallest absolute Gasteiger partial charge is 0.278 e. The van der Waals surface area contributed by atoms with Crippen LogP contribution in [0, 0.1) is 6.92 Å². The van der Waals surface area contributed by atoms with Crippen LogP contribution in [0.15, 0.2) is 74.8 Å². The summed E-state index contributed by atoms with van der Waals surface area (Å²) >= 11 is 0. The topological polar surface area (TPSA) is 116 Å². The van der Waals surface area contributed by atoms with E-state index in [0.717, 1.165) is 5.69 Å². The molecule has 3 heterocycles. The van der Waals surface area contributed by atoms with E-state index in [1.54, 1.807) is 42.7 Å². The van der Waals surface area contributed by atoms with Crippen molar-refractivity contribution in [1.29, 1.82) is 0 Å². The minimum Gasteiger partial charge on any atom is -0.343 e. The third-order valence-corrected chi connectivity index (χ3v) is 5.99. The van der Waals surface area contributed by atoms with Crippen molar-refractivity contribution in [3.8, 4) is 5.69 Å². The summed E-state index contributed by atoms with van der Waals surface area (Å²) in [6.45, 7) is 6.85. The van der Waals surface area contributed by atoms with Crippen LogP contribution in [0.2, 0.25) is 0 Å². The molecule has 1 amide bonds. The summed E-state index contributed by atoms with van der Waals surface area (Å²) in [5.74, 6) is -2.82. The van der Waals surface area contributed by atoms with Gasteiger partial charge in [0, 0.05) is 38.2 Å². The second-order valence-corrected chi connectivity index (χ2v) is 8.40. The Hall–Kier alpha value is -4.35. The molecule has 0 radical (unpaired) electrons. The van der Waals surface area contributed by atoms with Crippen molar-refractivity contribution in [3.05, 3.63) is 76.0 Å². The van der Waals surface area contributed by atoms with E-state index >= 15 is 0 Å². The summed E-state index contributed by atoms with van der Waals surface area (Å²) in [6.07, 6.45) is 4.74. The van der Waals surface area contributed by atoms with Crippen molar-refractivity contribution in [1.82, 2.24) is 25.2 Å². The van der Waals surface area contributed by atoms with Gasteiger partial charge in [-0.2, -0.15) is 10.1 Å². The molecule has 0 unspecified atom stereocenters. The molecule has 0 aromatic carbocycles. The van der Waals surface area contributed by atoms with Crippen LogP contribution in [0.4, 0.5) is 14.5 Å². The molecule has 3 N–H and O–H groups in total. The average molecular weight is 497 g/mol. The summed E-state index contributed by atoms with van der Waals surface area (Å²) in [4.78, 5) is 34.3. The Morgan fingerprint density at radius 1 is 1.33 bits per heavy atom. The number of amidine groups is 1. The van der Waals surface area contributed by atoms with Gasteiger partial charge in [-0.15, -0.1) is 0 Å². The second kappa shape index (κ2) is 9.72. The molecule has 2 aromatic rings. The third-order valence-electron chi connectivity index (χ3n) is 5.99. The molecular weight excluding hydrogens is 470 g/mol. The van der Waals surface area contributed by atoms with E-state index in [4.69, 9.17) is 0 Å². The molecule has 0 saturated heterocycles. The number of aryl methyl sites for hydroxylation is 1. The van der Waals surface area contributed by atoms with Gasteiger partial charge >= 0.3 is 0 Å². The molecule has 12 heteroatoms. The summed E-state index contributed by atoms with van der Waals surface area (Å²) < 4.78 is 28.8. The molecule has 36 heavy (non-hydrogen) atoms. The number of pyridine rings is 2. The Balaban J connectivity index is 1.64. The van der Waals surface area contributed by atoms with Crippen LogP contribution in [0.25, 0.3) is 5.69 Å². The van der Waals surface area contributed by atoms with Gasteiger partial charge in [-0.05, 0) is 44.5 Å². The number of aromatic nitrogens is 2. The minimum absolute atomic E-state index is 0.0925. The predicted molar refractivity (Wildman–Crippen MR) is 133 cm³/mol. The number of nitrogens with zero attached hydrogens (tertiary/aromatic N) is 5. The largest absolute Gasteiger partial charge is 0.343 e. The average Bonchev–Trinajstić information content (AvgIpc) is 2.87. The zero-order valence-electron chi connectivity index (χ0n) is 20.0. The molecule has 1 aliphatic heterocycles. The minimum atomic E-state index is -2.93. The van der Waals surface area contributed by atoms with E-state index in [1.807, 2.05) is 6.92 Å². The second-order valence-electron chi connectivity index (χ2n) is 8.40. The lowest BCUT2D eigenvalue weighted by atomic mass is 9.87. The summed E-state index contributed by atoms with van der Waals surface area (Å²) in [7, 11) is 1.52. The Labute approximate surface area is 206 Å². The maximum atomic E-state index is 13.7. The lowest BCUT2D eigenvalue weighted by molar-refractivity contribution is -0.133. The molecule has 4 rings (SSSR count). The fourth-order valence-corrected chi connectivity index (χ4v) is 3.74. The number of hydrogen-bond donors (Lipinski definition) is 3. The quantitative estimate of drug-likeness (QED) is 0.418. The molecule has 1 aliphatic carbocycles. The molecule has 1 atom stereocenters. The molecule has 2 aromatic heterocycles. The number of anilines is 1. The lowest BCUT2D eigenvalue weighted by Gasteiger charge is -2.37. The normalized spacial score (nSPS) is 21.1. The Morgan fingerprint density at radius 2 is 2.11 bits per heavy atom. The number of alkyl halides is 2. The highest BCUT2D eigenvalue weighted by Gasteiger charge is 2.49. The van der Waals surface area contributed by atoms with E-state index in [0.29, 0.717) is 17.3 Å². The number of aliphatic imine (C=N–C) groups is 1. The number of rotatable bonds is 6. The van der Waals surface area contributed by atoms with Gasteiger partial charge in [0.1, 0.15) is 17.3 Å². The van der Waals surface area contributed by atoms with Crippen molar-refractivity contribution in [2.45, 2.75) is 38.7 Å². The number of carbonyl (C=O) groups excluding carboxylic acids is 1. The third kappa shape index (κ3) is 4.74. The molecular formula is C24H26F2N8O2. The number of amides is 1. The molecule has 2 aliphatic rings. The number of halogens is 2. The number of nitrogens with one attached hydrogen (secondary N) is 3. The van der Waals surface area contributed by atoms with Gasteiger partial charge in [0.25, 0.3) is 17.4 Å². The Morgan fingerprint density at radius 3 is 2.69 bits per heavy atom.